The van der Waals surface area contributed by atoms with Gasteiger partial charge in [0.15, 0.2) is 11.5 Å². The first-order chi connectivity index (χ1) is 10.6. The van der Waals surface area contributed by atoms with Crippen molar-refractivity contribution in [2.45, 2.75) is 13.8 Å². The Morgan fingerprint density at radius 2 is 1.68 bits per heavy atom. The molecular weight excluding hydrogens is 284 g/mol. The summed E-state index contributed by atoms with van der Waals surface area (Å²) < 4.78 is 20.9. The number of methoxy groups -OCH3 is 3. The van der Waals surface area contributed by atoms with Crippen LogP contribution in [0.4, 0.5) is 0 Å². The summed E-state index contributed by atoms with van der Waals surface area (Å²) in [6.07, 6.45) is 5.29. The smallest absolute Gasteiger partial charge is 0.333 e. The van der Waals surface area contributed by atoms with E-state index in [-0.39, 0.29) is 12.6 Å². The monoisotopic (exact) mass is 306 g/mol. The highest BCUT2D eigenvalue weighted by Gasteiger charge is 2.11. The van der Waals surface area contributed by atoms with Crippen LogP contribution in [-0.4, -0.2) is 33.9 Å². The number of esters is 1. The van der Waals surface area contributed by atoms with E-state index in [1.54, 1.807) is 47.3 Å². The van der Waals surface area contributed by atoms with Gasteiger partial charge in [0.2, 0.25) is 5.75 Å². The van der Waals surface area contributed by atoms with Crippen molar-refractivity contribution >= 4 is 12.0 Å². The lowest BCUT2D eigenvalue weighted by Gasteiger charge is -2.12. The lowest BCUT2D eigenvalue weighted by molar-refractivity contribution is -0.137. The summed E-state index contributed by atoms with van der Waals surface area (Å²) in [6.45, 7) is 3.70. The first-order valence-corrected chi connectivity index (χ1v) is 6.84. The third-order valence-corrected chi connectivity index (χ3v) is 3.06. The molecule has 5 heteroatoms. The Kier molecular flexibility index (Phi) is 7.02. The van der Waals surface area contributed by atoms with Crippen molar-refractivity contribution in [1.29, 1.82) is 0 Å². The van der Waals surface area contributed by atoms with Gasteiger partial charge in [0.25, 0.3) is 0 Å². The van der Waals surface area contributed by atoms with E-state index in [1.807, 2.05) is 18.2 Å². The minimum absolute atomic E-state index is 0.195. The summed E-state index contributed by atoms with van der Waals surface area (Å²) in [4.78, 5) is 11.5. The molecular formula is C17H22O5. The topological polar surface area (TPSA) is 54.0 Å². The average Bonchev–Trinajstić information content (AvgIpc) is 2.56. The van der Waals surface area contributed by atoms with Gasteiger partial charge in [-0.2, -0.15) is 0 Å². The highest BCUT2D eigenvalue weighted by molar-refractivity contribution is 5.87. The Morgan fingerprint density at radius 3 is 2.14 bits per heavy atom. The molecule has 0 bridgehead atoms. The fraction of sp³-hybridized carbons (Fsp3) is 0.353. The molecule has 0 saturated heterocycles. The van der Waals surface area contributed by atoms with Crippen molar-refractivity contribution in [3.8, 4) is 17.2 Å². The van der Waals surface area contributed by atoms with Crippen molar-refractivity contribution in [1.82, 2.24) is 0 Å². The molecule has 0 aliphatic carbocycles. The minimum atomic E-state index is -0.322. The zero-order valence-corrected chi connectivity index (χ0v) is 13.6. The summed E-state index contributed by atoms with van der Waals surface area (Å²) >= 11 is 0. The van der Waals surface area contributed by atoms with E-state index in [4.69, 9.17) is 18.9 Å². The van der Waals surface area contributed by atoms with Gasteiger partial charge in [-0.05, 0) is 37.6 Å². The molecule has 0 saturated carbocycles. The van der Waals surface area contributed by atoms with Crippen molar-refractivity contribution in [3.63, 3.8) is 0 Å². The summed E-state index contributed by atoms with van der Waals surface area (Å²) in [7, 11) is 4.68. The van der Waals surface area contributed by atoms with Crippen LogP contribution < -0.4 is 14.2 Å². The van der Waals surface area contributed by atoms with E-state index in [9.17, 15) is 4.79 Å². The van der Waals surface area contributed by atoms with Crippen molar-refractivity contribution in [2.75, 3.05) is 27.9 Å². The summed E-state index contributed by atoms with van der Waals surface area (Å²) in [5, 5.41) is 0. The number of allylic oxidation sites excluding steroid dienone is 1. The number of ether oxygens (including phenoxy) is 4. The second kappa shape index (κ2) is 8.77. The van der Waals surface area contributed by atoms with Crippen molar-refractivity contribution < 1.29 is 23.7 Å². The number of rotatable bonds is 7. The number of benzene rings is 1. The first kappa shape index (κ1) is 17.6. The second-order valence-corrected chi connectivity index (χ2v) is 4.43. The van der Waals surface area contributed by atoms with Gasteiger partial charge in [0.05, 0.1) is 21.3 Å². The molecule has 0 aliphatic rings. The van der Waals surface area contributed by atoms with Gasteiger partial charge in [0.1, 0.15) is 6.61 Å². The van der Waals surface area contributed by atoms with E-state index >= 15 is 0 Å². The molecule has 0 spiro atoms. The van der Waals surface area contributed by atoms with Gasteiger partial charge in [0, 0.05) is 5.57 Å². The van der Waals surface area contributed by atoms with Crippen LogP contribution in [0.3, 0.4) is 0 Å². The quantitative estimate of drug-likeness (QED) is 0.572. The third-order valence-electron chi connectivity index (χ3n) is 3.06. The van der Waals surface area contributed by atoms with Crippen LogP contribution in [0.15, 0.2) is 29.9 Å². The Morgan fingerprint density at radius 1 is 1.09 bits per heavy atom. The van der Waals surface area contributed by atoms with Crippen LogP contribution in [0.2, 0.25) is 0 Å². The molecule has 0 unspecified atom stereocenters. The van der Waals surface area contributed by atoms with Crippen LogP contribution in [0, 0.1) is 0 Å². The Balaban J connectivity index is 2.81. The maximum absolute atomic E-state index is 11.5. The van der Waals surface area contributed by atoms with Gasteiger partial charge < -0.3 is 18.9 Å². The minimum Gasteiger partial charge on any atom is -0.493 e. The van der Waals surface area contributed by atoms with Gasteiger partial charge in [-0.3, -0.25) is 0 Å². The number of hydrogen-bond acceptors (Lipinski definition) is 5. The molecule has 22 heavy (non-hydrogen) atoms. The molecule has 0 N–H and O–H groups in total. The molecule has 0 aliphatic heterocycles. The van der Waals surface area contributed by atoms with Gasteiger partial charge in [-0.15, -0.1) is 0 Å². The first-order valence-electron chi connectivity index (χ1n) is 6.84. The maximum Gasteiger partial charge on any atom is 0.333 e. The lowest BCUT2D eigenvalue weighted by Crippen LogP contribution is -2.05. The van der Waals surface area contributed by atoms with E-state index in [1.165, 1.54) is 0 Å². The normalized spacial score (nSPS) is 11.4. The predicted molar refractivity (Wildman–Crippen MR) is 85.5 cm³/mol. The molecule has 120 valence electrons. The average molecular weight is 306 g/mol. The fourth-order valence-electron chi connectivity index (χ4n) is 1.74. The van der Waals surface area contributed by atoms with Gasteiger partial charge in [-0.1, -0.05) is 12.2 Å². The van der Waals surface area contributed by atoms with E-state index < -0.39 is 0 Å². The van der Waals surface area contributed by atoms with Crippen LogP contribution in [0.25, 0.3) is 6.08 Å². The molecule has 1 aromatic carbocycles. The van der Waals surface area contributed by atoms with Crippen LogP contribution in [0.1, 0.15) is 19.4 Å². The van der Waals surface area contributed by atoms with Crippen LogP contribution in [0.5, 0.6) is 17.2 Å². The Hall–Kier alpha value is -2.43. The zero-order valence-electron chi connectivity index (χ0n) is 13.6. The largest absolute Gasteiger partial charge is 0.493 e. The van der Waals surface area contributed by atoms with Gasteiger partial charge >= 0.3 is 5.97 Å². The number of hydrogen-bond donors (Lipinski definition) is 0. The molecule has 5 nitrogen and oxygen atoms in total. The molecule has 1 aromatic rings. The zero-order chi connectivity index (χ0) is 16.5. The molecule has 0 atom stereocenters. The lowest BCUT2D eigenvalue weighted by atomic mass is 10.1. The third kappa shape index (κ3) is 4.55. The van der Waals surface area contributed by atoms with Crippen LogP contribution >= 0.6 is 0 Å². The van der Waals surface area contributed by atoms with Gasteiger partial charge in [-0.25, -0.2) is 4.79 Å². The highest BCUT2D eigenvalue weighted by atomic mass is 16.5. The van der Waals surface area contributed by atoms with E-state index in [0.717, 1.165) is 5.56 Å². The Labute approximate surface area is 131 Å². The molecule has 0 aromatic heterocycles. The molecule has 1 rings (SSSR count). The summed E-state index contributed by atoms with van der Waals surface area (Å²) in [5.74, 6) is 1.36. The second-order valence-electron chi connectivity index (χ2n) is 4.43. The van der Waals surface area contributed by atoms with E-state index in [0.29, 0.717) is 22.8 Å². The SMILES string of the molecule is C/C=C(/C)C(=O)OC/C=C/c1cc(OC)c(OC)c(OC)c1. The summed E-state index contributed by atoms with van der Waals surface area (Å²) in [5.41, 5.74) is 1.44. The Bertz CT molecular complexity index is 547. The molecule has 0 heterocycles. The maximum atomic E-state index is 11.5. The summed E-state index contributed by atoms with van der Waals surface area (Å²) in [6, 6.07) is 3.63. The number of carbonyl (C=O) groups excluding carboxylic acids is 1. The van der Waals surface area contributed by atoms with Crippen LogP contribution in [-0.2, 0) is 9.53 Å². The molecule has 0 radical (unpaired) electrons. The molecule has 0 amide bonds. The standard InChI is InChI=1S/C17H22O5/c1-6-12(2)17(18)22-9-7-8-13-10-14(19-3)16(21-5)15(11-13)20-4/h6-8,10-11H,9H2,1-5H3/b8-7+,12-6-. The predicted octanol–water partition coefficient (Wildman–Crippen LogP) is 3.24. The van der Waals surface area contributed by atoms with E-state index in [2.05, 4.69) is 0 Å². The van der Waals surface area contributed by atoms with Crippen molar-refractivity contribution in [2.24, 2.45) is 0 Å². The van der Waals surface area contributed by atoms with Crippen molar-refractivity contribution in [3.05, 3.63) is 35.4 Å². The molecule has 0 fully saturated rings. The fourth-order valence-corrected chi connectivity index (χ4v) is 1.74. The highest BCUT2D eigenvalue weighted by Crippen LogP contribution is 2.38. The number of carbonyl (C=O) groups is 1.